The lowest BCUT2D eigenvalue weighted by Gasteiger charge is -2.41. The fraction of sp³-hybridized carbons (Fsp3) is 0.458. The number of carbonyl (C=O) groups excluding carboxylic acids is 1. The highest BCUT2D eigenvalue weighted by Crippen LogP contribution is 2.43. The van der Waals surface area contributed by atoms with E-state index in [2.05, 4.69) is 0 Å². The van der Waals surface area contributed by atoms with Crippen molar-refractivity contribution in [1.29, 1.82) is 0 Å². The molecule has 1 unspecified atom stereocenters. The van der Waals surface area contributed by atoms with E-state index in [4.69, 9.17) is 5.73 Å². The van der Waals surface area contributed by atoms with Crippen LogP contribution in [0.25, 0.3) is 0 Å². The summed E-state index contributed by atoms with van der Waals surface area (Å²) in [5, 5.41) is 0. The Hall–Kier alpha value is -2.55. The second-order valence-corrected chi connectivity index (χ2v) is 8.57. The van der Waals surface area contributed by atoms with Gasteiger partial charge in [0.25, 0.3) is 0 Å². The van der Waals surface area contributed by atoms with Gasteiger partial charge in [-0.25, -0.2) is 0 Å². The Bertz CT molecular complexity index is 933. The molecule has 9 heteroatoms. The van der Waals surface area contributed by atoms with Gasteiger partial charge in [-0.15, -0.1) is 0 Å². The number of amides is 1. The summed E-state index contributed by atoms with van der Waals surface area (Å²) in [6, 6.07) is 8.61. The molecule has 3 rings (SSSR count). The largest absolute Gasteiger partial charge is 0.416 e. The third-order valence-electron chi connectivity index (χ3n) is 6.39. The van der Waals surface area contributed by atoms with Crippen molar-refractivity contribution in [3.8, 4) is 0 Å². The second kappa shape index (κ2) is 9.37. The first-order valence-electron chi connectivity index (χ1n) is 10.8. The molecule has 1 fully saturated rings. The second-order valence-electron chi connectivity index (χ2n) is 8.57. The lowest BCUT2D eigenvalue weighted by Crippen LogP contribution is -2.50. The van der Waals surface area contributed by atoms with Crippen molar-refractivity contribution in [3.05, 3.63) is 65.2 Å². The summed E-state index contributed by atoms with van der Waals surface area (Å²) in [5.41, 5.74) is 2.42. The molecule has 2 aromatic carbocycles. The van der Waals surface area contributed by atoms with Gasteiger partial charge < -0.3 is 10.6 Å². The summed E-state index contributed by atoms with van der Waals surface area (Å²) in [4.78, 5) is 15.1. The van der Waals surface area contributed by atoms with E-state index in [1.54, 1.807) is 30.3 Å². The number of benzene rings is 2. The molecule has 3 nitrogen and oxygen atoms in total. The lowest BCUT2D eigenvalue weighted by atomic mass is 9.72. The molecule has 0 aromatic heterocycles. The van der Waals surface area contributed by atoms with Gasteiger partial charge in [0.2, 0.25) is 5.91 Å². The molecule has 1 amide bonds. The molecule has 180 valence electrons. The van der Waals surface area contributed by atoms with Gasteiger partial charge in [-0.3, -0.25) is 4.79 Å². The predicted molar refractivity (Wildman–Crippen MR) is 113 cm³/mol. The summed E-state index contributed by atoms with van der Waals surface area (Å²) in [5.74, 6) is -0.380. The predicted octanol–water partition coefficient (Wildman–Crippen LogP) is 6.73. The summed E-state index contributed by atoms with van der Waals surface area (Å²) in [6.45, 7) is 1.49. The van der Waals surface area contributed by atoms with E-state index in [1.807, 2.05) is 0 Å². The number of carbonyl (C=O) groups is 1. The summed E-state index contributed by atoms with van der Waals surface area (Å²) in [6.07, 6.45) is -6.40. The molecule has 1 aliphatic rings. The maximum atomic E-state index is 13.8. The number of para-hydroxylation sites is 1. The summed E-state index contributed by atoms with van der Waals surface area (Å²) < 4.78 is 80.5. The Labute approximate surface area is 188 Å². The van der Waals surface area contributed by atoms with Gasteiger partial charge in [-0.05, 0) is 55.7 Å². The number of nitrogens with two attached hydrogens (primary N) is 1. The van der Waals surface area contributed by atoms with Crippen LogP contribution in [0.3, 0.4) is 0 Å². The van der Waals surface area contributed by atoms with Crippen LogP contribution >= 0.6 is 0 Å². The molecule has 1 aliphatic carbocycles. The van der Waals surface area contributed by atoms with Crippen LogP contribution in [-0.2, 0) is 17.1 Å². The maximum absolute atomic E-state index is 13.8. The Morgan fingerprint density at radius 3 is 1.91 bits per heavy atom. The molecular formula is C24H26F6N2O. The highest BCUT2D eigenvalue weighted by Gasteiger charge is 2.44. The van der Waals surface area contributed by atoms with Gasteiger partial charge in [-0.2, -0.15) is 26.3 Å². The van der Waals surface area contributed by atoms with Crippen LogP contribution in [0.15, 0.2) is 48.5 Å². The van der Waals surface area contributed by atoms with E-state index in [1.165, 1.54) is 11.8 Å². The van der Waals surface area contributed by atoms with Crippen LogP contribution in [0, 0.1) is 5.41 Å². The molecule has 1 saturated carbocycles. The molecule has 33 heavy (non-hydrogen) atoms. The quantitative estimate of drug-likeness (QED) is 0.491. The van der Waals surface area contributed by atoms with E-state index >= 15 is 0 Å². The molecule has 0 aliphatic heterocycles. The molecule has 2 aromatic rings. The summed E-state index contributed by atoms with van der Waals surface area (Å²) in [7, 11) is 0. The Balaban J connectivity index is 2.15. The fourth-order valence-corrected chi connectivity index (χ4v) is 4.46. The molecule has 2 N–H and O–H groups in total. The third kappa shape index (κ3) is 5.34. The van der Waals surface area contributed by atoms with Gasteiger partial charge in [0.15, 0.2) is 0 Å². The minimum absolute atomic E-state index is 0.0538. The first kappa shape index (κ1) is 25.1. The number of alkyl halides is 6. The molecular weight excluding hydrogens is 446 g/mol. The van der Waals surface area contributed by atoms with Crippen LogP contribution in [0.1, 0.15) is 61.8 Å². The minimum Gasteiger partial charge on any atom is -0.329 e. The first-order valence-corrected chi connectivity index (χ1v) is 10.8. The highest BCUT2D eigenvalue weighted by atomic mass is 19.4. The zero-order valence-corrected chi connectivity index (χ0v) is 18.1. The molecule has 1 atom stereocenters. The maximum Gasteiger partial charge on any atom is 0.416 e. The number of hydrogen-bond donors (Lipinski definition) is 1. The number of rotatable bonds is 5. The third-order valence-corrected chi connectivity index (χ3v) is 6.39. The van der Waals surface area contributed by atoms with Crippen molar-refractivity contribution in [3.63, 3.8) is 0 Å². The lowest BCUT2D eigenvalue weighted by molar-refractivity contribution is -0.143. The van der Waals surface area contributed by atoms with Crippen molar-refractivity contribution >= 4 is 11.6 Å². The average Bonchev–Trinajstić information content (AvgIpc) is 2.78. The fourth-order valence-electron chi connectivity index (χ4n) is 4.46. The normalized spacial score (nSPS) is 17.5. The number of anilines is 1. The van der Waals surface area contributed by atoms with Gasteiger partial charge >= 0.3 is 12.4 Å². The van der Waals surface area contributed by atoms with Crippen molar-refractivity contribution in [2.45, 2.75) is 57.4 Å². The van der Waals surface area contributed by atoms with Gasteiger partial charge in [0.05, 0.1) is 22.6 Å². The Morgan fingerprint density at radius 2 is 1.45 bits per heavy atom. The van der Waals surface area contributed by atoms with Gasteiger partial charge in [0.1, 0.15) is 0 Å². The number of nitrogens with zero attached hydrogens (tertiary/aromatic N) is 1. The average molecular weight is 472 g/mol. The van der Waals surface area contributed by atoms with E-state index < -0.39 is 34.9 Å². The van der Waals surface area contributed by atoms with E-state index in [0.29, 0.717) is 30.7 Å². The summed E-state index contributed by atoms with van der Waals surface area (Å²) >= 11 is 0. The Kier molecular flexibility index (Phi) is 7.12. The monoisotopic (exact) mass is 472 g/mol. The van der Waals surface area contributed by atoms with Crippen molar-refractivity contribution in [1.82, 2.24) is 0 Å². The smallest absolute Gasteiger partial charge is 0.329 e. The topological polar surface area (TPSA) is 46.3 Å². The molecule has 0 bridgehead atoms. The SMILES string of the molecule is CC(c1cc(C(F)(F)F)cc(C(F)(F)F)c1)N(C(=O)C1(CN)CCCCC1)c1ccccc1. The molecule has 0 heterocycles. The van der Waals surface area contributed by atoms with Gasteiger partial charge in [-0.1, -0.05) is 37.5 Å². The van der Waals surface area contributed by atoms with Crippen LogP contribution in [0.2, 0.25) is 0 Å². The first-order chi connectivity index (χ1) is 15.4. The van der Waals surface area contributed by atoms with E-state index in [-0.39, 0.29) is 24.1 Å². The molecule has 0 saturated heterocycles. The van der Waals surface area contributed by atoms with Crippen molar-refractivity contribution in [2.24, 2.45) is 11.1 Å². The van der Waals surface area contributed by atoms with Crippen LogP contribution in [-0.4, -0.2) is 12.5 Å². The number of hydrogen-bond acceptors (Lipinski definition) is 2. The molecule has 0 radical (unpaired) electrons. The van der Waals surface area contributed by atoms with Crippen LogP contribution in [0.4, 0.5) is 32.0 Å². The van der Waals surface area contributed by atoms with Crippen LogP contribution < -0.4 is 10.6 Å². The highest BCUT2D eigenvalue weighted by molar-refractivity contribution is 5.98. The molecule has 0 spiro atoms. The number of halogens is 6. The van der Waals surface area contributed by atoms with E-state index in [9.17, 15) is 31.1 Å². The van der Waals surface area contributed by atoms with Crippen molar-refractivity contribution in [2.75, 3.05) is 11.4 Å². The zero-order valence-electron chi connectivity index (χ0n) is 18.1. The Morgan fingerprint density at radius 1 is 0.939 bits per heavy atom. The van der Waals surface area contributed by atoms with Crippen molar-refractivity contribution < 1.29 is 31.1 Å². The minimum atomic E-state index is -4.97. The van der Waals surface area contributed by atoms with E-state index in [0.717, 1.165) is 19.3 Å². The standard InChI is InChI=1S/C24H26F6N2O/c1-16(17-12-18(23(25,26)27)14-19(13-17)24(28,29)30)32(20-8-4-2-5-9-20)21(33)22(15-31)10-6-3-7-11-22/h2,4-5,8-9,12-14,16H,3,6-7,10-11,15,31H2,1H3. The van der Waals surface area contributed by atoms with Gasteiger partial charge in [0, 0.05) is 12.2 Å². The van der Waals surface area contributed by atoms with Crippen LogP contribution in [0.5, 0.6) is 0 Å². The zero-order chi connectivity index (χ0) is 24.4.